The van der Waals surface area contributed by atoms with Crippen molar-refractivity contribution in [2.24, 2.45) is 5.92 Å². The number of hydrogen-bond acceptors (Lipinski definition) is 7. The molecule has 0 saturated carbocycles. The molecule has 1 aliphatic heterocycles. The monoisotopic (exact) mass is 500 g/mol. The van der Waals surface area contributed by atoms with E-state index in [0.717, 1.165) is 6.26 Å². The van der Waals surface area contributed by atoms with Crippen LogP contribution >= 0.6 is 15.9 Å². The van der Waals surface area contributed by atoms with Crippen molar-refractivity contribution in [3.05, 3.63) is 27.1 Å². The van der Waals surface area contributed by atoms with Gasteiger partial charge in [-0.3, -0.25) is 9.36 Å². The van der Waals surface area contributed by atoms with E-state index in [-0.39, 0.29) is 28.4 Å². The molecule has 0 N–H and O–H groups in total. The SMILES string of the molecule is CC(C)(C)OC(=O)N1CCC(Cn2c(=O)c(Br)cc3cnc(S(C)(=O)=O)nc32)CC1. The zero-order valence-corrected chi connectivity index (χ0v) is 19.8. The van der Waals surface area contributed by atoms with E-state index in [2.05, 4.69) is 25.9 Å². The van der Waals surface area contributed by atoms with Crippen molar-refractivity contribution in [2.75, 3.05) is 19.3 Å². The van der Waals surface area contributed by atoms with E-state index in [0.29, 0.717) is 42.3 Å². The molecule has 9 nitrogen and oxygen atoms in total. The third-order valence-corrected chi connectivity index (χ3v) is 6.23. The second-order valence-corrected chi connectivity index (χ2v) is 11.3. The summed E-state index contributed by atoms with van der Waals surface area (Å²) in [6.45, 7) is 6.92. The highest BCUT2D eigenvalue weighted by Gasteiger charge is 2.28. The van der Waals surface area contributed by atoms with Gasteiger partial charge in [0.1, 0.15) is 11.2 Å². The van der Waals surface area contributed by atoms with Crippen LogP contribution in [0, 0.1) is 5.92 Å². The molecule has 1 aliphatic rings. The molecule has 2 aromatic heterocycles. The van der Waals surface area contributed by atoms with Gasteiger partial charge in [0.2, 0.25) is 15.0 Å². The van der Waals surface area contributed by atoms with Crippen LogP contribution in [0.4, 0.5) is 4.79 Å². The summed E-state index contributed by atoms with van der Waals surface area (Å²) in [7, 11) is -3.61. The Labute approximate surface area is 183 Å². The van der Waals surface area contributed by atoms with Gasteiger partial charge >= 0.3 is 6.09 Å². The Morgan fingerprint density at radius 3 is 2.50 bits per heavy atom. The molecule has 0 atom stereocenters. The maximum Gasteiger partial charge on any atom is 0.410 e. The van der Waals surface area contributed by atoms with Gasteiger partial charge in [0.25, 0.3) is 5.56 Å². The first kappa shape index (κ1) is 22.7. The molecular weight excluding hydrogens is 476 g/mol. The number of hydrogen-bond donors (Lipinski definition) is 0. The Morgan fingerprint density at radius 2 is 1.93 bits per heavy atom. The number of nitrogens with zero attached hydrogens (tertiary/aromatic N) is 4. The number of carbonyl (C=O) groups excluding carboxylic acids is 1. The van der Waals surface area contributed by atoms with Crippen LogP contribution in [0.5, 0.6) is 0 Å². The normalized spacial score (nSPS) is 16.1. The van der Waals surface area contributed by atoms with Crippen LogP contribution < -0.4 is 5.56 Å². The number of carbonyl (C=O) groups is 1. The molecule has 0 spiro atoms. The summed E-state index contributed by atoms with van der Waals surface area (Å²) in [5.41, 5.74) is -0.545. The molecule has 0 aliphatic carbocycles. The standard InChI is InChI=1S/C19H25BrN4O5S/c1-19(2,3)29-18(26)23-7-5-12(6-8-23)11-24-15-13(9-14(20)16(24)25)10-21-17(22-15)30(4,27)28/h9-10,12H,5-8,11H2,1-4H3. The molecular formula is C19H25BrN4O5S. The van der Waals surface area contributed by atoms with E-state index in [4.69, 9.17) is 4.74 Å². The lowest BCUT2D eigenvalue weighted by atomic mass is 9.97. The number of fused-ring (bicyclic) bond motifs is 1. The van der Waals surface area contributed by atoms with Crippen LogP contribution in [0.3, 0.4) is 0 Å². The lowest BCUT2D eigenvalue weighted by molar-refractivity contribution is 0.0178. The van der Waals surface area contributed by atoms with Gasteiger partial charge in [-0.2, -0.15) is 4.98 Å². The predicted molar refractivity (Wildman–Crippen MR) is 115 cm³/mol. The van der Waals surface area contributed by atoms with Gasteiger partial charge in [-0.15, -0.1) is 0 Å². The second kappa shape index (κ2) is 8.26. The highest BCUT2D eigenvalue weighted by Crippen LogP contribution is 2.23. The first-order valence-electron chi connectivity index (χ1n) is 9.59. The second-order valence-electron chi connectivity index (χ2n) is 8.52. The number of pyridine rings is 1. The molecule has 0 aromatic carbocycles. The molecule has 30 heavy (non-hydrogen) atoms. The lowest BCUT2D eigenvalue weighted by Crippen LogP contribution is -2.42. The fraction of sp³-hybridized carbons (Fsp3) is 0.579. The van der Waals surface area contributed by atoms with Crippen molar-refractivity contribution in [3.63, 3.8) is 0 Å². The predicted octanol–water partition coefficient (Wildman–Crippen LogP) is 2.60. The van der Waals surface area contributed by atoms with Crippen LogP contribution in [0.1, 0.15) is 33.6 Å². The van der Waals surface area contributed by atoms with Crippen molar-refractivity contribution < 1.29 is 17.9 Å². The molecule has 2 aromatic rings. The molecule has 1 fully saturated rings. The van der Waals surface area contributed by atoms with Crippen LogP contribution in [-0.2, 0) is 21.1 Å². The third kappa shape index (κ3) is 5.18. The number of likely N-dealkylation sites (tertiary alicyclic amines) is 1. The number of aromatic nitrogens is 3. The summed E-state index contributed by atoms with van der Waals surface area (Å²) in [5, 5.41) is 0.255. The molecule has 11 heteroatoms. The molecule has 3 rings (SSSR count). The first-order chi connectivity index (χ1) is 13.8. The van der Waals surface area contributed by atoms with Gasteiger partial charge < -0.3 is 9.64 Å². The van der Waals surface area contributed by atoms with E-state index >= 15 is 0 Å². The Balaban J connectivity index is 1.83. The minimum absolute atomic E-state index is 0.135. The van der Waals surface area contributed by atoms with Crippen molar-refractivity contribution >= 4 is 42.9 Å². The number of halogens is 1. The van der Waals surface area contributed by atoms with Crippen molar-refractivity contribution in [1.29, 1.82) is 0 Å². The fourth-order valence-corrected chi connectivity index (χ4v) is 4.30. The van der Waals surface area contributed by atoms with E-state index in [1.165, 1.54) is 10.8 Å². The number of amides is 1. The molecule has 0 bridgehead atoms. The van der Waals surface area contributed by atoms with Crippen molar-refractivity contribution in [1.82, 2.24) is 19.4 Å². The minimum atomic E-state index is -3.61. The molecule has 0 unspecified atom stereocenters. The summed E-state index contributed by atoms with van der Waals surface area (Å²) in [5.74, 6) is 0.135. The summed E-state index contributed by atoms with van der Waals surface area (Å²) in [6.07, 6.45) is 3.50. The van der Waals surface area contributed by atoms with Gasteiger partial charge in [-0.1, -0.05) is 0 Å². The maximum absolute atomic E-state index is 12.8. The average Bonchev–Trinajstić information content (AvgIpc) is 2.63. The third-order valence-electron chi connectivity index (χ3n) is 4.80. The summed E-state index contributed by atoms with van der Waals surface area (Å²) in [4.78, 5) is 34.8. The van der Waals surface area contributed by atoms with Gasteiger partial charge in [0.15, 0.2) is 0 Å². The minimum Gasteiger partial charge on any atom is -0.444 e. The summed E-state index contributed by atoms with van der Waals surface area (Å²) in [6, 6.07) is 1.59. The van der Waals surface area contributed by atoms with Gasteiger partial charge in [0, 0.05) is 37.5 Å². The molecule has 3 heterocycles. The summed E-state index contributed by atoms with van der Waals surface area (Å²) >= 11 is 3.27. The van der Waals surface area contributed by atoms with Gasteiger partial charge in [-0.05, 0) is 61.5 Å². The molecule has 164 valence electrons. The van der Waals surface area contributed by atoms with Gasteiger partial charge in [-0.25, -0.2) is 18.2 Å². The van der Waals surface area contributed by atoms with Crippen molar-refractivity contribution in [2.45, 2.75) is 50.9 Å². The molecule has 1 amide bonds. The molecule has 1 saturated heterocycles. The summed E-state index contributed by atoms with van der Waals surface area (Å²) < 4.78 is 31.0. The highest BCUT2D eigenvalue weighted by atomic mass is 79.9. The van der Waals surface area contributed by atoms with E-state index in [1.807, 2.05) is 20.8 Å². The lowest BCUT2D eigenvalue weighted by Gasteiger charge is -2.33. The van der Waals surface area contributed by atoms with E-state index in [9.17, 15) is 18.0 Å². The Morgan fingerprint density at radius 1 is 1.30 bits per heavy atom. The topological polar surface area (TPSA) is 111 Å². The van der Waals surface area contributed by atoms with E-state index < -0.39 is 15.4 Å². The Kier molecular flexibility index (Phi) is 6.24. The zero-order chi connectivity index (χ0) is 22.3. The average molecular weight is 501 g/mol. The number of sulfone groups is 1. The first-order valence-corrected chi connectivity index (χ1v) is 12.3. The maximum atomic E-state index is 12.8. The van der Waals surface area contributed by atoms with Gasteiger partial charge in [0.05, 0.1) is 4.47 Å². The Bertz CT molecular complexity index is 1130. The van der Waals surface area contributed by atoms with Crippen LogP contribution in [0.15, 0.2) is 26.7 Å². The fourth-order valence-electron chi connectivity index (χ4n) is 3.34. The Hall–Kier alpha value is -2.01. The molecule has 0 radical (unpaired) electrons. The number of ether oxygens (including phenoxy) is 1. The number of piperidine rings is 1. The van der Waals surface area contributed by atoms with Crippen molar-refractivity contribution in [3.8, 4) is 0 Å². The highest BCUT2D eigenvalue weighted by molar-refractivity contribution is 9.10. The quantitative estimate of drug-likeness (QED) is 0.595. The smallest absolute Gasteiger partial charge is 0.410 e. The van der Waals surface area contributed by atoms with Crippen LogP contribution in [-0.4, -0.2) is 58.9 Å². The van der Waals surface area contributed by atoms with E-state index in [1.54, 1.807) is 11.0 Å². The van der Waals surface area contributed by atoms with Crippen LogP contribution in [0.25, 0.3) is 11.0 Å². The largest absolute Gasteiger partial charge is 0.444 e. The number of rotatable bonds is 3. The zero-order valence-electron chi connectivity index (χ0n) is 17.4. The van der Waals surface area contributed by atoms with Crippen LogP contribution in [0.2, 0.25) is 0 Å².